The number of carbonyl (C=O) groups excluding carboxylic acids is 2. The van der Waals surface area contributed by atoms with Gasteiger partial charge in [-0.3, -0.25) is 9.69 Å². The van der Waals surface area contributed by atoms with Gasteiger partial charge in [-0.1, -0.05) is 44.5 Å². The Bertz CT molecular complexity index is 1020. The molecule has 1 aromatic rings. The number of carboxylic acid groups (broad SMARTS) is 1. The lowest BCUT2D eigenvalue weighted by Gasteiger charge is -2.50. The Kier molecular flexibility index (Phi) is 6.58. The number of aryl methyl sites for hydroxylation is 1. The SMILES string of the molecule is CC(C)(C)CCc1ccc([C@]2(C)NC(=O)N(C3CC(C(=O)O)C3)C=C2[C@H]2C[C@@H](C=O)C2)cc1Cl. The minimum absolute atomic E-state index is 0.0460. The third-order valence-corrected chi connectivity index (χ3v) is 8.24. The highest BCUT2D eigenvalue weighted by atomic mass is 35.5. The molecule has 2 amide bonds. The summed E-state index contributed by atoms with van der Waals surface area (Å²) in [6.45, 7) is 8.64. The number of urea groups is 1. The minimum Gasteiger partial charge on any atom is -0.481 e. The van der Waals surface area contributed by atoms with E-state index >= 15 is 0 Å². The van der Waals surface area contributed by atoms with E-state index in [2.05, 4.69) is 32.2 Å². The van der Waals surface area contributed by atoms with Gasteiger partial charge in [-0.25, -0.2) is 4.79 Å². The molecule has 1 heterocycles. The van der Waals surface area contributed by atoms with Gasteiger partial charge in [0.15, 0.2) is 0 Å². The van der Waals surface area contributed by atoms with Gasteiger partial charge in [-0.2, -0.15) is 0 Å². The summed E-state index contributed by atoms with van der Waals surface area (Å²) in [6.07, 6.45) is 7.28. The maximum atomic E-state index is 13.2. The predicted molar refractivity (Wildman–Crippen MR) is 131 cm³/mol. The molecule has 0 radical (unpaired) electrons. The molecule has 2 saturated carbocycles. The van der Waals surface area contributed by atoms with Crippen LogP contribution < -0.4 is 5.32 Å². The molecule has 34 heavy (non-hydrogen) atoms. The molecule has 1 atom stereocenters. The molecule has 0 bridgehead atoms. The largest absolute Gasteiger partial charge is 0.481 e. The number of hydrogen-bond acceptors (Lipinski definition) is 3. The number of amides is 2. The third-order valence-electron chi connectivity index (χ3n) is 7.88. The van der Waals surface area contributed by atoms with Crippen LogP contribution in [-0.2, 0) is 21.5 Å². The second-order valence-corrected chi connectivity index (χ2v) is 12.0. The second-order valence-electron chi connectivity index (χ2n) is 11.6. The van der Waals surface area contributed by atoms with E-state index in [1.165, 1.54) is 0 Å². The Labute approximate surface area is 206 Å². The first-order chi connectivity index (χ1) is 15.9. The summed E-state index contributed by atoms with van der Waals surface area (Å²) in [5, 5.41) is 13.1. The van der Waals surface area contributed by atoms with Crippen LogP contribution in [-0.4, -0.2) is 34.3 Å². The van der Waals surface area contributed by atoms with Crippen molar-refractivity contribution in [3.63, 3.8) is 0 Å². The van der Waals surface area contributed by atoms with E-state index in [0.717, 1.165) is 48.7 Å². The number of rotatable bonds is 7. The summed E-state index contributed by atoms with van der Waals surface area (Å²) in [5.74, 6) is -0.982. The first-order valence-corrected chi connectivity index (χ1v) is 12.6. The van der Waals surface area contributed by atoms with Crippen LogP contribution in [0.4, 0.5) is 4.79 Å². The summed E-state index contributed by atoms with van der Waals surface area (Å²) in [5.41, 5.74) is 2.54. The molecule has 2 N–H and O–H groups in total. The number of benzene rings is 1. The highest BCUT2D eigenvalue weighted by molar-refractivity contribution is 6.31. The zero-order valence-corrected chi connectivity index (χ0v) is 21.2. The fourth-order valence-corrected chi connectivity index (χ4v) is 5.60. The molecular formula is C27H35ClN2O4. The number of aldehydes is 1. The van der Waals surface area contributed by atoms with Crippen LogP contribution in [0.1, 0.15) is 70.9 Å². The van der Waals surface area contributed by atoms with Gasteiger partial charge in [0.1, 0.15) is 6.29 Å². The van der Waals surface area contributed by atoms with Crippen molar-refractivity contribution in [3.05, 3.63) is 46.1 Å². The summed E-state index contributed by atoms with van der Waals surface area (Å²) in [7, 11) is 0. The Morgan fingerprint density at radius 1 is 1.26 bits per heavy atom. The van der Waals surface area contributed by atoms with Crippen LogP contribution in [0.5, 0.6) is 0 Å². The molecule has 0 aromatic heterocycles. The quantitative estimate of drug-likeness (QED) is 0.496. The van der Waals surface area contributed by atoms with Gasteiger partial charge in [-0.15, -0.1) is 0 Å². The smallest absolute Gasteiger partial charge is 0.322 e. The number of nitrogens with zero attached hydrogens (tertiary/aromatic N) is 1. The molecule has 0 saturated heterocycles. The molecule has 0 spiro atoms. The highest BCUT2D eigenvalue weighted by Crippen LogP contribution is 2.48. The fourth-order valence-electron chi connectivity index (χ4n) is 5.33. The van der Waals surface area contributed by atoms with Crippen molar-refractivity contribution >= 4 is 29.9 Å². The van der Waals surface area contributed by atoms with Crippen molar-refractivity contribution in [1.29, 1.82) is 0 Å². The lowest BCUT2D eigenvalue weighted by molar-refractivity contribution is -0.146. The number of carbonyl (C=O) groups is 3. The topological polar surface area (TPSA) is 86.7 Å². The van der Waals surface area contributed by atoms with E-state index in [-0.39, 0.29) is 29.3 Å². The molecule has 3 aliphatic rings. The van der Waals surface area contributed by atoms with Crippen molar-refractivity contribution in [2.75, 3.05) is 0 Å². The van der Waals surface area contributed by atoms with Crippen molar-refractivity contribution < 1.29 is 19.5 Å². The van der Waals surface area contributed by atoms with E-state index in [1.54, 1.807) is 4.90 Å². The summed E-state index contributed by atoms with van der Waals surface area (Å²) < 4.78 is 0. The standard InChI is InChI=1S/C27H35ClN2O4/c1-26(2,3)8-7-17-5-6-20(13-23(17)28)27(4)22(18-9-16(10-18)15-31)14-30(25(34)29-27)21-11-19(12-21)24(32)33/h5-6,13-16,18-19,21H,7-12H2,1-4H3,(H,29,34)(H,32,33)/t16-,18+,19?,21?,27-/m0/s1. The van der Waals surface area contributed by atoms with E-state index in [0.29, 0.717) is 17.9 Å². The van der Waals surface area contributed by atoms with Crippen LogP contribution in [0.25, 0.3) is 0 Å². The fraction of sp³-hybridized carbons (Fsp3) is 0.593. The maximum Gasteiger partial charge on any atom is 0.322 e. The van der Waals surface area contributed by atoms with Gasteiger partial charge < -0.3 is 15.2 Å². The molecule has 1 aromatic carbocycles. The molecule has 184 valence electrons. The first-order valence-electron chi connectivity index (χ1n) is 12.2. The number of nitrogens with one attached hydrogen (secondary N) is 1. The molecule has 0 unspecified atom stereocenters. The van der Waals surface area contributed by atoms with Crippen molar-refractivity contribution in [2.45, 2.75) is 77.8 Å². The zero-order chi connectivity index (χ0) is 24.8. The minimum atomic E-state index is -0.809. The molecule has 1 aliphatic heterocycles. The van der Waals surface area contributed by atoms with Crippen LogP contribution in [0.3, 0.4) is 0 Å². The van der Waals surface area contributed by atoms with Crippen molar-refractivity contribution in [2.24, 2.45) is 23.2 Å². The lowest BCUT2D eigenvalue weighted by atomic mass is 9.65. The van der Waals surface area contributed by atoms with Gasteiger partial charge >= 0.3 is 12.0 Å². The number of aliphatic carboxylic acids is 1. The average molecular weight is 487 g/mol. The highest BCUT2D eigenvalue weighted by Gasteiger charge is 2.48. The Morgan fingerprint density at radius 3 is 2.50 bits per heavy atom. The van der Waals surface area contributed by atoms with Gasteiger partial charge in [0, 0.05) is 23.2 Å². The van der Waals surface area contributed by atoms with Crippen LogP contribution in [0.15, 0.2) is 30.0 Å². The number of hydrogen-bond donors (Lipinski definition) is 2. The Morgan fingerprint density at radius 2 is 1.94 bits per heavy atom. The van der Waals surface area contributed by atoms with E-state index < -0.39 is 17.4 Å². The van der Waals surface area contributed by atoms with Crippen LogP contribution >= 0.6 is 11.6 Å². The molecule has 7 heteroatoms. The summed E-state index contributed by atoms with van der Waals surface area (Å²) in [6, 6.07) is 5.73. The first kappa shape index (κ1) is 24.8. The van der Waals surface area contributed by atoms with Crippen LogP contribution in [0.2, 0.25) is 5.02 Å². The Balaban J connectivity index is 1.63. The van der Waals surface area contributed by atoms with E-state index in [4.69, 9.17) is 11.6 Å². The van der Waals surface area contributed by atoms with Crippen LogP contribution in [0, 0.1) is 23.2 Å². The monoisotopic (exact) mass is 486 g/mol. The average Bonchev–Trinajstić information content (AvgIpc) is 2.67. The normalized spacial score (nSPS) is 31.1. The van der Waals surface area contributed by atoms with Crippen molar-refractivity contribution in [3.8, 4) is 0 Å². The molecule has 4 rings (SSSR count). The summed E-state index contributed by atoms with van der Waals surface area (Å²) in [4.78, 5) is 37.4. The van der Waals surface area contributed by atoms with Gasteiger partial charge in [0.2, 0.25) is 0 Å². The van der Waals surface area contributed by atoms with Crippen molar-refractivity contribution in [1.82, 2.24) is 10.2 Å². The second kappa shape index (κ2) is 9.03. The summed E-state index contributed by atoms with van der Waals surface area (Å²) >= 11 is 6.71. The molecular weight excluding hydrogens is 452 g/mol. The third kappa shape index (κ3) is 4.74. The van der Waals surface area contributed by atoms with Gasteiger partial charge in [0.25, 0.3) is 0 Å². The van der Waals surface area contributed by atoms with E-state index in [9.17, 15) is 19.5 Å². The maximum absolute atomic E-state index is 13.2. The molecule has 2 fully saturated rings. The Hall–Kier alpha value is -2.34. The predicted octanol–water partition coefficient (Wildman–Crippen LogP) is 5.53. The molecule has 6 nitrogen and oxygen atoms in total. The lowest BCUT2D eigenvalue weighted by Crippen LogP contribution is -2.60. The van der Waals surface area contributed by atoms with Gasteiger partial charge in [0.05, 0.1) is 11.5 Å². The zero-order valence-electron chi connectivity index (χ0n) is 20.4. The van der Waals surface area contributed by atoms with Gasteiger partial charge in [-0.05, 0) is 79.5 Å². The molecule has 2 aliphatic carbocycles. The number of halogens is 1. The number of carboxylic acids is 1. The van der Waals surface area contributed by atoms with E-state index in [1.807, 2.05) is 25.3 Å².